The zero-order chi connectivity index (χ0) is 14.4. The van der Waals surface area contributed by atoms with E-state index in [1.807, 2.05) is 0 Å². The average molecular weight is 310 g/mol. The number of hydrogen-bond acceptors (Lipinski definition) is 4. The lowest BCUT2D eigenvalue weighted by molar-refractivity contribution is 0.297. The van der Waals surface area contributed by atoms with E-state index in [4.69, 9.17) is 19.9 Å². The minimum Gasteiger partial charge on any atom is -0.493 e. The fourth-order valence-corrected chi connectivity index (χ4v) is 1.54. The number of methoxy groups -OCH3 is 2. The molecular formula is C13H18ClF2NO3. The number of nitrogens with two attached hydrogens (primary N) is 1. The van der Waals surface area contributed by atoms with E-state index in [0.717, 1.165) is 5.56 Å². The summed E-state index contributed by atoms with van der Waals surface area (Å²) in [5.41, 5.74) is 6.36. The molecule has 0 saturated carbocycles. The molecular weight excluding hydrogens is 292 g/mol. The third-order valence-electron chi connectivity index (χ3n) is 2.47. The van der Waals surface area contributed by atoms with Crippen molar-refractivity contribution in [2.24, 2.45) is 5.73 Å². The van der Waals surface area contributed by atoms with Crippen molar-refractivity contribution in [3.8, 4) is 17.2 Å². The molecule has 0 heterocycles. The average Bonchev–Trinajstić information content (AvgIpc) is 2.39. The van der Waals surface area contributed by atoms with Crippen LogP contribution in [0.25, 0.3) is 0 Å². The van der Waals surface area contributed by atoms with Crippen LogP contribution >= 0.6 is 12.4 Å². The highest BCUT2D eigenvalue weighted by molar-refractivity contribution is 5.85. The number of benzene rings is 1. The first-order valence-electron chi connectivity index (χ1n) is 5.68. The fraction of sp³-hybridized carbons (Fsp3) is 0.385. The molecule has 1 aromatic rings. The van der Waals surface area contributed by atoms with Gasteiger partial charge in [0.25, 0.3) is 0 Å². The van der Waals surface area contributed by atoms with Crippen LogP contribution in [-0.4, -0.2) is 20.8 Å². The molecule has 1 aromatic carbocycles. The Hall–Kier alpha value is -1.53. The van der Waals surface area contributed by atoms with Crippen LogP contribution in [0.5, 0.6) is 17.2 Å². The van der Waals surface area contributed by atoms with Gasteiger partial charge in [0.1, 0.15) is 0 Å². The Morgan fingerprint density at radius 3 is 2.00 bits per heavy atom. The Morgan fingerprint density at radius 1 is 1.15 bits per heavy atom. The molecule has 0 bridgehead atoms. The number of halogens is 3. The molecule has 7 heteroatoms. The summed E-state index contributed by atoms with van der Waals surface area (Å²) in [5.74, 6) is 0.269. The van der Waals surface area contributed by atoms with Gasteiger partial charge in [0, 0.05) is 0 Å². The van der Waals surface area contributed by atoms with E-state index in [1.54, 1.807) is 12.1 Å². The molecule has 20 heavy (non-hydrogen) atoms. The van der Waals surface area contributed by atoms with Crippen LogP contribution in [0.2, 0.25) is 0 Å². The molecule has 0 saturated heterocycles. The van der Waals surface area contributed by atoms with Gasteiger partial charge in [-0.05, 0) is 37.6 Å². The van der Waals surface area contributed by atoms with E-state index in [1.165, 1.54) is 21.1 Å². The van der Waals surface area contributed by atoms with Crippen LogP contribution in [0.1, 0.15) is 12.5 Å². The molecule has 0 spiro atoms. The second-order valence-electron chi connectivity index (χ2n) is 3.79. The highest BCUT2D eigenvalue weighted by atomic mass is 35.5. The van der Waals surface area contributed by atoms with Gasteiger partial charge in [0.05, 0.1) is 14.2 Å². The van der Waals surface area contributed by atoms with Gasteiger partial charge in [0.15, 0.2) is 17.3 Å². The number of ether oxygens (including phenoxy) is 3. The first-order valence-corrected chi connectivity index (χ1v) is 5.68. The van der Waals surface area contributed by atoms with Gasteiger partial charge < -0.3 is 19.9 Å². The highest BCUT2D eigenvalue weighted by Gasteiger charge is 2.16. The Morgan fingerprint density at radius 2 is 1.65 bits per heavy atom. The lowest BCUT2D eigenvalue weighted by Gasteiger charge is -2.15. The Balaban J connectivity index is 0.00000361. The Labute approximate surface area is 122 Å². The van der Waals surface area contributed by atoms with Gasteiger partial charge in [-0.3, -0.25) is 0 Å². The summed E-state index contributed by atoms with van der Waals surface area (Å²) in [7, 11) is 2.86. The monoisotopic (exact) mass is 309 g/mol. The second kappa shape index (κ2) is 8.60. The maximum absolute atomic E-state index is 12.4. The molecule has 0 aromatic heterocycles. The van der Waals surface area contributed by atoms with Crippen LogP contribution in [0.15, 0.2) is 24.0 Å². The molecule has 0 atom stereocenters. The quantitative estimate of drug-likeness (QED) is 0.820. The molecule has 2 N–H and O–H groups in total. The van der Waals surface area contributed by atoms with Crippen molar-refractivity contribution in [2.75, 3.05) is 20.8 Å². The van der Waals surface area contributed by atoms with Gasteiger partial charge in [-0.1, -0.05) is 0 Å². The molecule has 0 aliphatic carbocycles. The molecule has 4 nitrogen and oxygen atoms in total. The number of hydrogen-bond donors (Lipinski definition) is 1. The highest BCUT2D eigenvalue weighted by Crippen LogP contribution is 2.40. The molecule has 114 valence electrons. The molecule has 0 unspecified atom stereocenters. The van der Waals surface area contributed by atoms with Crippen molar-refractivity contribution in [3.63, 3.8) is 0 Å². The van der Waals surface area contributed by atoms with Gasteiger partial charge in [-0.15, -0.1) is 12.4 Å². The molecule has 0 aliphatic heterocycles. The maximum atomic E-state index is 12.4. The van der Waals surface area contributed by atoms with Crippen LogP contribution in [-0.2, 0) is 6.42 Å². The summed E-state index contributed by atoms with van der Waals surface area (Å²) < 4.78 is 40.3. The number of allylic oxidation sites excluding steroid dienone is 1. The minimum absolute atomic E-state index is 0. The van der Waals surface area contributed by atoms with Crippen LogP contribution in [0.4, 0.5) is 8.78 Å². The lowest BCUT2D eigenvalue weighted by atomic mass is 10.1. The van der Waals surface area contributed by atoms with Gasteiger partial charge in [-0.25, -0.2) is 0 Å². The normalized spacial score (nSPS) is 9.50. The summed E-state index contributed by atoms with van der Waals surface area (Å²) in [6.45, 7) is 1.63. The molecule has 0 amide bonds. The predicted molar refractivity (Wildman–Crippen MR) is 75.1 cm³/mol. The third kappa shape index (κ3) is 4.54. The first kappa shape index (κ1) is 18.5. The van der Waals surface area contributed by atoms with Crippen molar-refractivity contribution in [3.05, 3.63) is 29.5 Å². The molecule has 1 rings (SSSR count). The summed E-state index contributed by atoms with van der Waals surface area (Å²) in [4.78, 5) is 0. The fourth-order valence-electron chi connectivity index (χ4n) is 1.54. The van der Waals surface area contributed by atoms with Crippen molar-refractivity contribution >= 4 is 12.4 Å². The largest absolute Gasteiger partial charge is 0.493 e. The summed E-state index contributed by atoms with van der Waals surface area (Å²) >= 11 is 0. The van der Waals surface area contributed by atoms with Gasteiger partial charge in [-0.2, -0.15) is 8.78 Å². The molecule has 0 aliphatic rings. The Kier molecular flexibility index (Phi) is 7.94. The van der Waals surface area contributed by atoms with Crippen molar-refractivity contribution in [1.82, 2.24) is 0 Å². The van der Waals surface area contributed by atoms with E-state index < -0.39 is 11.8 Å². The van der Waals surface area contributed by atoms with Crippen molar-refractivity contribution in [2.45, 2.75) is 13.3 Å². The smallest absolute Gasteiger partial charge is 0.307 e. The summed E-state index contributed by atoms with van der Waals surface area (Å²) in [6.07, 6.45) is -1.27. The van der Waals surface area contributed by atoms with Crippen molar-refractivity contribution < 1.29 is 23.0 Å². The van der Waals surface area contributed by atoms with E-state index in [-0.39, 0.29) is 18.2 Å². The standard InChI is InChI=1S/C13H17F2NO3.ClH/c1-8(13(14)15)19-12-10(17-2)6-9(4-5-16)7-11(12)18-3;/h6-7H,4-5,16H2,1-3H3;1H. The van der Waals surface area contributed by atoms with E-state index in [9.17, 15) is 8.78 Å². The topological polar surface area (TPSA) is 53.7 Å². The Bertz CT molecular complexity index is 452. The summed E-state index contributed by atoms with van der Waals surface area (Å²) in [5, 5.41) is 0. The van der Waals surface area contributed by atoms with Gasteiger partial charge in [0.2, 0.25) is 5.75 Å². The van der Waals surface area contributed by atoms with E-state index >= 15 is 0 Å². The van der Waals surface area contributed by atoms with Gasteiger partial charge >= 0.3 is 6.08 Å². The van der Waals surface area contributed by atoms with Crippen LogP contribution < -0.4 is 19.9 Å². The minimum atomic E-state index is -1.89. The SMILES string of the molecule is COc1cc(CCN)cc(OC)c1OC(C)=C(F)F.Cl. The van der Waals surface area contributed by atoms with Crippen LogP contribution in [0.3, 0.4) is 0 Å². The zero-order valence-electron chi connectivity index (χ0n) is 11.5. The predicted octanol–water partition coefficient (Wildman–Crippen LogP) is 3.13. The third-order valence-corrected chi connectivity index (χ3v) is 2.47. The maximum Gasteiger partial charge on any atom is 0.307 e. The number of rotatable bonds is 6. The van der Waals surface area contributed by atoms with Crippen molar-refractivity contribution in [1.29, 1.82) is 0 Å². The zero-order valence-corrected chi connectivity index (χ0v) is 12.4. The molecule has 0 radical (unpaired) electrons. The van der Waals surface area contributed by atoms with Crippen LogP contribution in [0, 0.1) is 0 Å². The first-order chi connectivity index (χ1) is 9.03. The summed E-state index contributed by atoms with van der Waals surface area (Å²) in [6, 6.07) is 3.38. The van der Waals surface area contributed by atoms with E-state index in [2.05, 4.69) is 0 Å². The molecule has 0 fully saturated rings. The lowest BCUT2D eigenvalue weighted by Crippen LogP contribution is -2.05. The van der Waals surface area contributed by atoms with E-state index in [0.29, 0.717) is 24.5 Å². The second-order valence-corrected chi connectivity index (χ2v) is 3.79.